The SMILES string of the molecule is COc1cc(O[Si](C(C)C)(C(C)C)C(C)C)ccc1F. The first-order valence-corrected chi connectivity index (χ1v) is 9.42. The van der Waals surface area contributed by atoms with Crippen molar-refractivity contribution in [3.8, 4) is 11.5 Å². The second-order valence-electron chi connectivity index (χ2n) is 6.22. The number of rotatable bonds is 6. The highest BCUT2D eigenvalue weighted by molar-refractivity contribution is 6.78. The average Bonchev–Trinajstić information content (AvgIpc) is 2.36. The van der Waals surface area contributed by atoms with Crippen LogP contribution in [0, 0.1) is 5.82 Å². The first kappa shape index (κ1) is 17.0. The highest BCUT2D eigenvalue weighted by Gasteiger charge is 2.47. The second-order valence-corrected chi connectivity index (χ2v) is 11.6. The lowest BCUT2D eigenvalue weighted by atomic mass is 10.3. The van der Waals surface area contributed by atoms with Crippen LogP contribution in [-0.2, 0) is 0 Å². The average molecular weight is 298 g/mol. The summed E-state index contributed by atoms with van der Waals surface area (Å²) >= 11 is 0. The standard InChI is InChI=1S/C16H27FO2Si/c1-11(2)20(12(3)4,13(5)6)19-14-8-9-15(17)16(10-14)18-7/h8-13H,1-7H3. The Morgan fingerprint density at radius 3 is 1.85 bits per heavy atom. The predicted molar refractivity (Wildman–Crippen MR) is 84.6 cm³/mol. The second kappa shape index (κ2) is 6.61. The van der Waals surface area contributed by atoms with E-state index in [1.54, 1.807) is 12.1 Å². The molecule has 4 heteroatoms. The van der Waals surface area contributed by atoms with Gasteiger partial charge in [0.1, 0.15) is 5.75 Å². The van der Waals surface area contributed by atoms with Crippen molar-refractivity contribution in [2.75, 3.05) is 7.11 Å². The topological polar surface area (TPSA) is 18.5 Å². The molecule has 0 atom stereocenters. The maximum absolute atomic E-state index is 13.5. The van der Waals surface area contributed by atoms with Gasteiger partial charge in [0.2, 0.25) is 0 Å². The number of benzene rings is 1. The highest BCUT2D eigenvalue weighted by Crippen LogP contribution is 2.43. The van der Waals surface area contributed by atoms with Crippen molar-refractivity contribution in [1.82, 2.24) is 0 Å². The molecule has 0 aliphatic carbocycles. The van der Waals surface area contributed by atoms with Crippen molar-refractivity contribution in [3.05, 3.63) is 24.0 Å². The van der Waals surface area contributed by atoms with E-state index in [2.05, 4.69) is 41.5 Å². The van der Waals surface area contributed by atoms with Crippen LogP contribution >= 0.6 is 0 Å². The molecular formula is C16H27FO2Si. The number of hydrogen-bond acceptors (Lipinski definition) is 2. The van der Waals surface area contributed by atoms with Crippen LogP contribution in [0.1, 0.15) is 41.5 Å². The van der Waals surface area contributed by atoms with Crippen LogP contribution in [0.25, 0.3) is 0 Å². The normalized spacial score (nSPS) is 12.3. The van der Waals surface area contributed by atoms with Gasteiger partial charge in [0.05, 0.1) is 7.11 Å². The summed E-state index contributed by atoms with van der Waals surface area (Å²) < 4.78 is 25.0. The van der Waals surface area contributed by atoms with Crippen molar-refractivity contribution in [2.24, 2.45) is 0 Å². The zero-order valence-electron chi connectivity index (χ0n) is 13.7. The molecule has 0 aliphatic rings. The minimum atomic E-state index is -2.00. The quantitative estimate of drug-likeness (QED) is 0.656. The monoisotopic (exact) mass is 298 g/mol. The minimum Gasteiger partial charge on any atom is -0.543 e. The van der Waals surface area contributed by atoms with Crippen LogP contribution in [0.2, 0.25) is 16.6 Å². The molecule has 2 nitrogen and oxygen atoms in total. The molecule has 0 radical (unpaired) electrons. The fraction of sp³-hybridized carbons (Fsp3) is 0.625. The molecule has 0 bridgehead atoms. The molecule has 1 aromatic rings. The Kier molecular flexibility index (Phi) is 5.63. The summed E-state index contributed by atoms with van der Waals surface area (Å²) in [4.78, 5) is 0. The molecule has 1 aromatic carbocycles. The van der Waals surface area contributed by atoms with Gasteiger partial charge in [-0.1, -0.05) is 41.5 Å². The van der Waals surface area contributed by atoms with E-state index < -0.39 is 8.32 Å². The van der Waals surface area contributed by atoms with Gasteiger partial charge in [0.25, 0.3) is 8.32 Å². The molecule has 1 rings (SSSR count). The fourth-order valence-electron chi connectivity index (χ4n) is 3.26. The van der Waals surface area contributed by atoms with E-state index in [0.29, 0.717) is 22.4 Å². The lowest BCUT2D eigenvalue weighted by Gasteiger charge is -2.42. The summed E-state index contributed by atoms with van der Waals surface area (Å²) in [7, 11) is -0.527. The van der Waals surface area contributed by atoms with Crippen molar-refractivity contribution in [3.63, 3.8) is 0 Å². The summed E-state index contributed by atoms with van der Waals surface area (Å²) in [5, 5.41) is 0. The smallest absolute Gasteiger partial charge is 0.258 e. The molecule has 0 unspecified atom stereocenters. The molecule has 0 spiro atoms. The summed E-state index contributed by atoms with van der Waals surface area (Å²) in [6.07, 6.45) is 0. The van der Waals surface area contributed by atoms with Gasteiger partial charge in [0.15, 0.2) is 11.6 Å². The molecule has 114 valence electrons. The molecule has 0 aromatic heterocycles. The van der Waals surface area contributed by atoms with Gasteiger partial charge < -0.3 is 9.16 Å². The Morgan fingerprint density at radius 2 is 1.45 bits per heavy atom. The zero-order chi connectivity index (χ0) is 15.5. The summed E-state index contributed by atoms with van der Waals surface area (Å²) in [6.45, 7) is 13.4. The van der Waals surface area contributed by atoms with E-state index in [1.165, 1.54) is 13.2 Å². The van der Waals surface area contributed by atoms with E-state index in [4.69, 9.17) is 9.16 Å². The first-order valence-electron chi connectivity index (χ1n) is 7.28. The van der Waals surface area contributed by atoms with E-state index in [-0.39, 0.29) is 11.6 Å². The maximum atomic E-state index is 13.5. The van der Waals surface area contributed by atoms with Crippen molar-refractivity contribution in [1.29, 1.82) is 0 Å². The predicted octanol–water partition coefficient (Wildman–Crippen LogP) is 5.39. The lowest BCUT2D eigenvalue weighted by molar-refractivity contribution is 0.382. The molecule has 20 heavy (non-hydrogen) atoms. The van der Waals surface area contributed by atoms with Gasteiger partial charge in [-0.25, -0.2) is 4.39 Å². The van der Waals surface area contributed by atoms with E-state index in [0.717, 1.165) is 0 Å². The minimum absolute atomic E-state index is 0.238. The van der Waals surface area contributed by atoms with Crippen LogP contribution in [0.4, 0.5) is 4.39 Å². The Hall–Kier alpha value is -1.03. The largest absolute Gasteiger partial charge is 0.543 e. The molecule has 0 aliphatic heterocycles. The summed E-state index contributed by atoms with van der Waals surface area (Å²) in [5.41, 5.74) is 1.45. The number of ether oxygens (including phenoxy) is 1. The van der Waals surface area contributed by atoms with Crippen LogP contribution in [0.5, 0.6) is 11.5 Å². The Morgan fingerprint density at radius 1 is 0.950 bits per heavy atom. The third-order valence-electron chi connectivity index (χ3n) is 4.12. The third kappa shape index (κ3) is 3.17. The molecular weight excluding hydrogens is 271 g/mol. The van der Waals surface area contributed by atoms with Gasteiger partial charge in [-0.2, -0.15) is 0 Å². The summed E-state index contributed by atoms with van der Waals surface area (Å²) in [5.74, 6) is 0.596. The number of methoxy groups -OCH3 is 1. The van der Waals surface area contributed by atoms with Gasteiger partial charge in [-0.05, 0) is 28.8 Å². The van der Waals surface area contributed by atoms with Gasteiger partial charge in [0, 0.05) is 6.07 Å². The zero-order valence-corrected chi connectivity index (χ0v) is 14.7. The lowest BCUT2D eigenvalue weighted by Crippen LogP contribution is -2.50. The highest BCUT2D eigenvalue weighted by atomic mass is 28.4. The van der Waals surface area contributed by atoms with Crippen LogP contribution in [0.15, 0.2) is 18.2 Å². The van der Waals surface area contributed by atoms with Gasteiger partial charge >= 0.3 is 0 Å². The number of hydrogen-bond donors (Lipinski definition) is 0. The van der Waals surface area contributed by atoms with Gasteiger partial charge in [-0.15, -0.1) is 0 Å². The van der Waals surface area contributed by atoms with Gasteiger partial charge in [-0.3, -0.25) is 0 Å². The molecule has 0 fully saturated rings. The molecule has 0 saturated heterocycles. The van der Waals surface area contributed by atoms with Crippen LogP contribution in [0.3, 0.4) is 0 Å². The first-order chi connectivity index (χ1) is 9.25. The van der Waals surface area contributed by atoms with E-state index in [9.17, 15) is 4.39 Å². The Bertz CT molecular complexity index is 422. The van der Waals surface area contributed by atoms with E-state index in [1.807, 2.05) is 0 Å². The van der Waals surface area contributed by atoms with Crippen molar-refractivity contribution >= 4 is 8.32 Å². The maximum Gasteiger partial charge on any atom is 0.258 e. The molecule has 0 N–H and O–H groups in total. The molecule has 0 heterocycles. The molecule has 0 saturated carbocycles. The van der Waals surface area contributed by atoms with Crippen LogP contribution in [-0.4, -0.2) is 15.4 Å². The van der Waals surface area contributed by atoms with E-state index >= 15 is 0 Å². The number of halogens is 1. The Labute approximate surface area is 123 Å². The third-order valence-corrected chi connectivity index (χ3v) is 10.1. The molecule has 0 amide bonds. The summed E-state index contributed by atoms with van der Waals surface area (Å²) in [6, 6.07) is 4.77. The van der Waals surface area contributed by atoms with Crippen molar-refractivity contribution in [2.45, 2.75) is 58.2 Å². The fourth-order valence-corrected chi connectivity index (χ4v) is 8.50. The van der Waals surface area contributed by atoms with Crippen LogP contribution < -0.4 is 9.16 Å². The Balaban J connectivity index is 3.19. The van der Waals surface area contributed by atoms with Crippen molar-refractivity contribution < 1.29 is 13.6 Å².